The highest BCUT2D eigenvalue weighted by Crippen LogP contribution is 2.51. The second-order valence-corrected chi connectivity index (χ2v) is 8.06. The summed E-state index contributed by atoms with van der Waals surface area (Å²) >= 11 is 5.93. The van der Waals surface area contributed by atoms with Gasteiger partial charge in [-0.1, -0.05) is 0 Å². The van der Waals surface area contributed by atoms with Crippen LogP contribution in [0.1, 0.15) is 58.6 Å². The number of rotatable bonds is 3. The molecule has 1 saturated carbocycles. The molecule has 3 heterocycles. The number of ether oxygens (including phenoxy) is 2. The topological polar surface area (TPSA) is 61.3 Å². The predicted molar refractivity (Wildman–Crippen MR) is 86.3 cm³/mol. The van der Waals surface area contributed by atoms with Crippen molar-refractivity contribution in [2.45, 2.75) is 69.5 Å². The predicted octanol–water partition coefficient (Wildman–Crippen LogP) is 3.44. The Morgan fingerprint density at radius 3 is 2.57 bits per heavy atom. The quantitative estimate of drug-likeness (QED) is 0.624. The van der Waals surface area contributed by atoms with Crippen molar-refractivity contribution >= 4 is 17.6 Å². The fourth-order valence-electron chi connectivity index (χ4n) is 3.59. The van der Waals surface area contributed by atoms with Gasteiger partial charge in [0.15, 0.2) is 0 Å². The number of hydrogen-bond acceptors (Lipinski definition) is 5. The van der Waals surface area contributed by atoms with Gasteiger partial charge >= 0.3 is 5.97 Å². The van der Waals surface area contributed by atoms with E-state index in [0.717, 1.165) is 31.4 Å². The number of halogens is 1. The lowest BCUT2D eigenvalue weighted by atomic mass is 9.63. The van der Waals surface area contributed by atoms with Crippen molar-refractivity contribution < 1.29 is 14.3 Å². The molecule has 0 aromatic carbocycles. The molecule has 0 atom stereocenters. The van der Waals surface area contributed by atoms with E-state index in [1.54, 1.807) is 6.20 Å². The fourth-order valence-corrected chi connectivity index (χ4v) is 3.74. The summed E-state index contributed by atoms with van der Waals surface area (Å²) in [5.74, 6) is -0.183. The number of fused-ring (bicyclic) bond motifs is 3. The van der Waals surface area contributed by atoms with Gasteiger partial charge in [0.05, 0.1) is 24.3 Å². The van der Waals surface area contributed by atoms with E-state index in [-0.39, 0.29) is 22.3 Å². The first-order valence-electron chi connectivity index (χ1n) is 8.07. The Morgan fingerprint density at radius 1 is 1.35 bits per heavy atom. The summed E-state index contributed by atoms with van der Waals surface area (Å²) in [6, 6.07) is 1.92. The molecule has 0 spiro atoms. The maximum atomic E-state index is 12.2. The van der Waals surface area contributed by atoms with Crippen molar-refractivity contribution in [1.82, 2.24) is 9.97 Å². The summed E-state index contributed by atoms with van der Waals surface area (Å²) in [4.78, 5) is 20.5. The van der Waals surface area contributed by atoms with Gasteiger partial charge < -0.3 is 9.47 Å². The third-order valence-corrected chi connectivity index (χ3v) is 5.01. The molecule has 1 aliphatic carbocycles. The van der Waals surface area contributed by atoms with E-state index in [1.165, 1.54) is 0 Å². The van der Waals surface area contributed by atoms with Gasteiger partial charge in [-0.2, -0.15) is 0 Å². The molecule has 0 N–H and O–H groups in total. The fraction of sp³-hybridized carbons (Fsp3) is 0.706. The minimum atomic E-state index is -0.460. The standard InChI is InChI=1S/C17H23ClN2O3/c1-15(2,3)23-13(21)10-17-7-5-16(6-8-17,11-22-17)12-4-9-19-14(18)20-12/h4,9H,5-8,10-11H2,1-3H3. The number of hydrogen-bond donors (Lipinski definition) is 0. The van der Waals surface area contributed by atoms with Crippen LogP contribution in [0.3, 0.4) is 0 Å². The van der Waals surface area contributed by atoms with Crippen molar-refractivity contribution in [3.8, 4) is 0 Å². The third kappa shape index (κ3) is 3.50. The molecule has 6 heteroatoms. The average molecular weight is 339 g/mol. The Kier molecular flexibility index (Phi) is 4.13. The van der Waals surface area contributed by atoms with Crippen LogP contribution in [0.2, 0.25) is 5.28 Å². The number of carbonyl (C=O) groups excluding carboxylic acids is 1. The second-order valence-electron chi connectivity index (χ2n) is 7.73. The van der Waals surface area contributed by atoms with Crippen molar-refractivity contribution in [3.05, 3.63) is 23.2 Å². The first-order chi connectivity index (χ1) is 10.7. The van der Waals surface area contributed by atoms with Crippen LogP contribution in [0.4, 0.5) is 0 Å². The second kappa shape index (κ2) is 5.71. The molecule has 5 nitrogen and oxygen atoms in total. The molecule has 0 amide bonds. The highest BCUT2D eigenvalue weighted by atomic mass is 35.5. The largest absolute Gasteiger partial charge is 0.460 e. The summed E-state index contributed by atoms with van der Waals surface area (Å²) in [5.41, 5.74) is 0.0184. The molecule has 0 radical (unpaired) electrons. The van der Waals surface area contributed by atoms with E-state index < -0.39 is 5.60 Å². The van der Waals surface area contributed by atoms with Gasteiger partial charge in [-0.3, -0.25) is 4.79 Å². The van der Waals surface area contributed by atoms with Crippen LogP contribution in [0.5, 0.6) is 0 Å². The molecule has 3 fully saturated rings. The van der Waals surface area contributed by atoms with E-state index in [0.29, 0.717) is 13.0 Å². The SMILES string of the molecule is CC(C)(C)OC(=O)CC12CCC(c3ccnc(Cl)n3)(CC1)CO2. The van der Waals surface area contributed by atoms with E-state index in [2.05, 4.69) is 9.97 Å². The molecule has 23 heavy (non-hydrogen) atoms. The molecule has 0 unspecified atom stereocenters. The van der Waals surface area contributed by atoms with E-state index >= 15 is 0 Å². The molecular weight excluding hydrogens is 316 g/mol. The zero-order valence-electron chi connectivity index (χ0n) is 13.9. The van der Waals surface area contributed by atoms with Gasteiger partial charge in [-0.05, 0) is 64.1 Å². The van der Waals surface area contributed by atoms with Crippen LogP contribution >= 0.6 is 11.6 Å². The lowest BCUT2D eigenvalue weighted by Crippen LogP contribution is -2.54. The number of aromatic nitrogens is 2. The van der Waals surface area contributed by atoms with Gasteiger partial charge in [0.25, 0.3) is 0 Å². The van der Waals surface area contributed by atoms with Gasteiger partial charge in [0, 0.05) is 11.6 Å². The van der Waals surface area contributed by atoms with Crippen LogP contribution in [-0.4, -0.2) is 33.7 Å². The third-order valence-electron chi connectivity index (χ3n) is 4.83. The summed E-state index contributed by atoms with van der Waals surface area (Å²) in [6.07, 6.45) is 5.59. The van der Waals surface area contributed by atoms with Gasteiger partial charge in [-0.25, -0.2) is 9.97 Å². The summed E-state index contributed by atoms with van der Waals surface area (Å²) < 4.78 is 11.6. The van der Waals surface area contributed by atoms with E-state index in [9.17, 15) is 4.79 Å². The molecule has 3 aliphatic rings. The number of esters is 1. The van der Waals surface area contributed by atoms with Crippen LogP contribution in [0.25, 0.3) is 0 Å². The molecule has 4 rings (SSSR count). The van der Waals surface area contributed by atoms with Crippen molar-refractivity contribution in [1.29, 1.82) is 0 Å². The van der Waals surface area contributed by atoms with Crippen LogP contribution in [0, 0.1) is 0 Å². The first kappa shape index (κ1) is 16.7. The average Bonchev–Trinajstić information content (AvgIpc) is 2.46. The van der Waals surface area contributed by atoms with Crippen LogP contribution in [0.15, 0.2) is 12.3 Å². The zero-order chi connectivity index (χ0) is 16.7. The molecular formula is C17H23ClN2O3. The zero-order valence-corrected chi connectivity index (χ0v) is 14.7. The Bertz CT molecular complexity index is 588. The lowest BCUT2D eigenvalue weighted by Gasteiger charge is -2.52. The maximum Gasteiger partial charge on any atom is 0.309 e. The minimum absolute atomic E-state index is 0.0950. The highest BCUT2D eigenvalue weighted by molar-refractivity contribution is 6.28. The monoisotopic (exact) mass is 338 g/mol. The first-order valence-corrected chi connectivity index (χ1v) is 8.45. The molecule has 2 aliphatic heterocycles. The van der Waals surface area contributed by atoms with Gasteiger partial charge in [-0.15, -0.1) is 0 Å². The minimum Gasteiger partial charge on any atom is -0.460 e. The maximum absolute atomic E-state index is 12.2. The summed E-state index contributed by atoms with van der Waals surface area (Å²) in [5, 5.41) is 0.271. The molecule has 1 aromatic rings. The van der Waals surface area contributed by atoms with E-state index in [4.69, 9.17) is 21.1 Å². The summed E-state index contributed by atoms with van der Waals surface area (Å²) in [6.45, 7) is 6.22. The molecule has 1 aromatic heterocycles. The Balaban J connectivity index is 1.69. The highest BCUT2D eigenvalue weighted by Gasteiger charge is 2.52. The van der Waals surface area contributed by atoms with E-state index in [1.807, 2.05) is 26.8 Å². The van der Waals surface area contributed by atoms with Gasteiger partial charge in [0.2, 0.25) is 5.28 Å². The lowest BCUT2D eigenvalue weighted by molar-refractivity contribution is -0.185. The number of carbonyl (C=O) groups is 1. The Labute approximate surface area is 141 Å². The van der Waals surface area contributed by atoms with Crippen molar-refractivity contribution in [2.24, 2.45) is 0 Å². The summed E-state index contributed by atoms with van der Waals surface area (Å²) in [7, 11) is 0. The smallest absolute Gasteiger partial charge is 0.309 e. The normalized spacial score (nSPS) is 30.3. The van der Waals surface area contributed by atoms with Gasteiger partial charge in [0.1, 0.15) is 5.60 Å². The van der Waals surface area contributed by atoms with Crippen LogP contribution < -0.4 is 0 Å². The van der Waals surface area contributed by atoms with Crippen molar-refractivity contribution in [2.75, 3.05) is 6.61 Å². The molecule has 126 valence electrons. The Hall–Kier alpha value is -1.20. The van der Waals surface area contributed by atoms with Crippen molar-refractivity contribution in [3.63, 3.8) is 0 Å². The Morgan fingerprint density at radius 2 is 2.04 bits per heavy atom. The van der Waals surface area contributed by atoms with Crippen LogP contribution in [-0.2, 0) is 19.7 Å². The molecule has 2 bridgehead atoms. The molecule has 2 saturated heterocycles. The number of nitrogens with zero attached hydrogens (tertiary/aromatic N) is 2.